The molecule has 0 bridgehead atoms. The van der Waals surface area contributed by atoms with E-state index < -0.39 is 5.97 Å². The van der Waals surface area contributed by atoms with Crippen LogP contribution in [0.4, 0.5) is 0 Å². The summed E-state index contributed by atoms with van der Waals surface area (Å²) in [6.07, 6.45) is 1.64. The van der Waals surface area contributed by atoms with Crippen LogP contribution >= 0.6 is 56.9 Å². The summed E-state index contributed by atoms with van der Waals surface area (Å²) in [5.74, 6) is 1.55. The molecule has 0 unspecified atom stereocenters. The Morgan fingerprint density at radius 3 is 2.21 bits per heavy atom. The fourth-order valence-electron chi connectivity index (χ4n) is 3.71. The molecule has 1 N–H and O–H groups in total. The summed E-state index contributed by atoms with van der Waals surface area (Å²) in [6, 6.07) is 19.2. The largest absolute Gasteiger partial charge is 0.497 e. The van der Waals surface area contributed by atoms with E-state index in [0.717, 1.165) is 41.3 Å². The van der Waals surface area contributed by atoms with E-state index in [4.69, 9.17) is 14.2 Å². The van der Waals surface area contributed by atoms with Crippen molar-refractivity contribution in [1.82, 2.24) is 14.8 Å². The molecule has 0 saturated carbocycles. The molecule has 0 spiro atoms. The summed E-state index contributed by atoms with van der Waals surface area (Å²) in [7, 11) is 3.16. The average molecular weight is 769 g/mol. The van der Waals surface area contributed by atoms with E-state index in [9.17, 15) is 9.90 Å². The van der Waals surface area contributed by atoms with Crippen LogP contribution in [0.5, 0.6) is 17.2 Å². The topological polar surface area (TPSA) is 95.7 Å². The Labute approximate surface area is 258 Å². The molecule has 202 valence electrons. The first kappa shape index (κ1) is 29.2. The zero-order valence-corrected chi connectivity index (χ0v) is 26.5. The van der Waals surface area contributed by atoms with Crippen LogP contribution in [0.15, 0.2) is 70.7 Å². The third-order valence-electron chi connectivity index (χ3n) is 5.60. The molecule has 0 aliphatic carbocycles. The summed E-state index contributed by atoms with van der Waals surface area (Å²) in [5.41, 5.74) is 2.58. The normalized spacial score (nSPS) is 11.4. The van der Waals surface area contributed by atoms with Gasteiger partial charge in [-0.2, -0.15) is 0 Å². The summed E-state index contributed by atoms with van der Waals surface area (Å²) in [4.78, 5) is 12.4. The summed E-state index contributed by atoms with van der Waals surface area (Å²) in [5, 5.41) is 19.1. The van der Waals surface area contributed by atoms with Crippen LogP contribution in [0.1, 0.15) is 18.1 Å². The molecule has 0 aliphatic rings. The zero-order chi connectivity index (χ0) is 27.9. The second kappa shape index (κ2) is 13.5. The van der Waals surface area contributed by atoms with Gasteiger partial charge in [0.15, 0.2) is 11.0 Å². The minimum Gasteiger partial charge on any atom is -0.497 e. The lowest BCUT2D eigenvalue weighted by molar-refractivity contribution is -0.131. The summed E-state index contributed by atoms with van der Waals surface area (Å²) >= 11 is 5.48. The molecule has 11 heteroatoms. The van der Waals surface area contributed by atoms with Crippen molar-refractivity contribution in [2.45, 2.75) is 25.2 Å². The number of hydrogen-bond donors (Lipinski definition) is 1. The fourth-order valence-corrected chi connectivity index (χ4v) is 6.73. The van der Waals surface area contributed by atoms with Crippen molar-refractivity contribution < 1.29 is 24.1 Å². The van der Waals surface area contributed by atoms with Gasteiger partial charge in [0.25, 0.3) is 0 Å². The molecule has 1 heterocycles. The number of halogens is 2. The zero-order valence-electron chi connectivity index (χ0n) is 21.4. The van der Waals surface area contributed by atoms with Crippen molar-refractivity contribution in [1.29, 1.82) is 0 Å². The molecular formula is C28H25I2N3O5S. The average Bonchev–Trinajstić information content (AvgIpc) is 3.35. The molecular weight excluding hydrogens is 744 g/mol. The maximum Gasteiger partial charge on any atom is 0.342 e. The van der Waals surface area contributed by atoms with Crippen LogP contribution < -0.4 is 14.2 Å². The highest BCUT2D eigenvalue weighted by Gasteiger charge is 2.20. The Kier molecular flexibility index (Phi) is 10.1. The molecule has 0 amide bonds. The Hall–Kier alpha value is -2.78. The van der Waals surface area contributed by atoms with Gasteiger partial charge in [0.05, 0.1) is 21.4 Å². The Bertz CT molecular complexity index is 1460. The third kappa shape index (κ3) is 7.25. The molecule has 0 radical (unpaired) electrons. The van der Waals surface area contributed by atoms with Gasteiger partial charge >= 0.3 is 5.97 Å². The van der Waals surface area contributed by atoms with Crippen LogP contribution in [0, 0.1) is 7.14 Å². The highest BCUT2D eigenvalue weighted by molar-refractivity contribution is 14.1. The summed E-state index contributed by atoms with van der Waals surface area (Å²) < 4.78 is 20.5. The van der Waals surface area contributed by atoms with E-state index in [1.165, 1.54) is 0 Å². The second-order valence-corrected chi connectivity index (χ2v) is 11.5. The van der Waals surface area contributed by atoms with Crippen molar-refractivity contribution in [3.63, 3.8) is 0 Å². The first-order valence-electron chi connectivity index (χ1n) is 11.8. The fraction of sp³-hybridized carbons (Fsp3) is 0.179. The van der Waals surface area contributed by atoms with E-state index in [2.05, 4.69) is 55.4 Å². The molecule has 0 fully saturated rings. The molecule has 0 saturated heterocycles. The third-order valence-corrected chi connectivity index (χ3v) is 8.20. The number of methoxy groups -OCH3 is 2. The predicted octanol–water partition coefficient (Wildman–Crippen LogP) is 6.99. The first-order chi connectivity index (χ1) is 18.8. The smallest absolute Gasteiger partial charge is 0.342 e. The number of carboxylic acids is 1. The lowest BCUT2D eigenvalue weighted by Crippen LogP contribution is -2.03. The van der Waals surface area contributed by atoms with Gasteiger partial charge in [-0.15, -0.1) is 10.2 Å². The number of thioether (sulfide) groups is 1. The lowest BCUT2D eigenvalue weighted by atomic mass is 10.2. The van der Waals surface area contributed by atoms with Crippen LogP contribution in [-0.4, -0.2) is 40.1 Å². The lowest BCUT2D eigenvalue weighted by Gasteiger charge is -2.12. The van der Waals surface area contributed by atoms with Crippen molar-refractivity contribution >= 4 is 69.0 Å². The number of nitrogens with zero attached hydrogens (tertiary/aromatic N) is 3. The molecule has 3 aromatic carbocycles. The first-order valence-corrected chi connectivity index (χ1v) is 14.8. The minimum atomic E-state index is -1.05. The maximum atomic E-state index is 12.2. The molecule has 1 aromatic heterocycles. The van der Waals surface area contributed by atoms with Gasteiger partial charge in [-0.3, -0.25) is 0 Å². The Morgan fingerprint density at radius 1 is 1.00 bits per heavy atom. The number of aromatic nitrogens is 3. The van der Waals surface area contributed by atoms with Gasteiger partial charge in [0, 0.05) is 18.2 Å². The number of ether oxygens (including phenoxy) is 3. The van der Waals surface area contributed by atoms with Gasteiger partial charge in [0.2, 0.25) is 0 Å². The molecule has 0 atom stereocenters. The van der Waals surface area contributed by atoms with E-state index in [0.29, 0.717) is 35.6 Å². The van der Waals surface area contributed by atoms with Crippen molar-refractivity contribution in [2.75, 3.05) is 14.2 Å². The number of benzene rings is 3. The predicted molar refractivity (Wildman–Crippen MR) is 168 cm³/mol. The molecule has 4 aromatic rings. The highest BCUT2D eigenvalue weighted by atomic mass is 127. The van der Waals surface area contributed by atoms with E-state index >= 15 is 0 Å². The monoisotopic (exact) mass is 769 g/mol. The Morgan fingerprint density at radius 2 is 1.64 bits per heavy atom. The molecule has 8 nitrogen and oxygen atoms in total. The van der Waals surface area contributed by atoms with Crippen molar-refractivity contribution in [3.8, 4) is 28.6 Å². The van der Waals surface area contributed by atoms with Gasteiger partial charge in [-0.1, -0.05) is 30.3 Å². The van der Waals surface area contributed by atoms with Crippen molar-refractivity contribution in [2.24, 2.45) is 0 Å². The van der Waals surface area contributed by atoms with E-state index in [1.54, 1.807) is 26.4 Å². The molecule has 4 rings (SSSR count). The van der Waals surface area contributed by atoms with Crippen LogP contribution in [0.25, 0.3) is 17.5 Å². The summed E-state index contributed by atoms with van der Waals surface area (Å²) in [6.45, 7) is 2.95. The molecule has 0 aliphatic heterocycles. The second-order valence-electron chi connectivity index (χ2n) is 8.16. The molecule has 39 heavy (non-hydrogen) atoms. The number of rotatable bonds is 11. The van der Waals surface area contributed by atoms with Crippen LogP contribution in [-0.2, 0) is 17.9 Å². The van der Waals surface area contributed by atoms with Gasteiger partial charge < -0.3 is 23.9 Å². The van der Waals surface area contributed by atoms with E-state index in [1.807, 2.05) is 66.1 Å². The van der Waals surface area contributed by atoms with Gasteiger partial charge in [-0.05, 0) is 105 Å². The Balaban J connectivity index is 1.61. The van der Waals surface area contributed by atoms with Gasteiger partial charge in [0.1, 0.15) is 28.8 Å². The van der Waals surface area contributed by atoms with Crippen LogP contribution in [0.2, 0.25) is 0 Å². The number of aliphatic carboxylic acids is 1. The van der Waals surface area contributed by atoms with Crippen molar-refractivity contribution in [3.05, 3.63) is 83.8 Å². The highest BCUT2D eigenvalue weighted by Crippen LogP contribution is 2.35. The number of hydrogen-bond acceptors (Lipinski definition) is 7. The standard InChI is InChI=1S/C28H25I2N3O5S/c1-4-33-26(19-13-20(36-2)15-21(14-19)37-3)31-32-28(33)39-24(27(34)35)12-18-10-22(29)25(23(30)11-18)38-16-17-8-6-5-7-9-17/h5-15H,4,16H2,1-3H3,(H,34,35)/b24-12-. The quantitative estimate of drug-likeness (QED) is 0.0992. The maximum absolute atomic E-state index is 12.2. The minimum absolute atomic E-state index is 0.122. The van der Waals surface area contributed by atoms with Crippen LogP contribution in [0.3, 0.4) is 0 Å². The number of carboxylic acid groups (broad SMARTS) is 1. The SMILES string of the molecule is CCn1c(S/C(=C\c2cc(I)c(OCc3ccccc3)c(I)c2)C(=O)O)nnc1-c1cc(OC)cc(OC)c1. The number of carbonyl (C=O) groups is 1. The van der Waals surface area contributed by atoms with Gasteiger partial charge in [-0.25, -0.2) is 4.79 Å². The van der Waals surface area contributed by atoms with E-state index in [-0.39, 0.29) is 4.91 Å².